The molecule has 4 heteroatoms. The highest BCUT2D eigenvalue weighted by Crippen LogP contribution is 2.18. The summed E-state index contributed by atoms with van der Waals surface area (Å²) in [6.45, 7) is 4.08. The highest BCUT2D eigenvalue weighted by Gasteiger charge is 2.13. The molecule has 1 heterocycles. The second-order valence-corrected chi connectivity index (χ2v) is 5.77. The molecule has 3 nitrogen and oxygen atoms in total. The predicted molar refractivity (Wildman–Crippen MR) is 81.2 cm³/mol. The third-order valence-corrected chi connectivity index (χ3v) is 4.10. The summed E-state index contributed by atoms with van der Waals surface area (Å²) in [5.41, 5.74) is 7.47. The van der Waals surface area contributed by atoms with E-state index in [4.69, 9.17) is 5.73 Å². The molecule has 2 atom stereocenters. The van der Waals surface area contributed by atoms with Crippen molar-refractivity contribution in [1.29, 1.82) is 0 Å². The maximum atomic E-state index is 6.27. The normalized spacial score (nSPS) is 14.2. The first kappa shape index (κ1) is 14.2. The molecular weight excluding hydrogens is 254 g/mol. The van der Waals surface area contributed by atoms with E-state index in [1.165, 1.54) is 10.6 Å². The number of rotatable bonds is 7. The number of aromatic nitrogens is 1. The van der Waals surface area contributed by atoms with Crippen LogP contribution in [0.5, 0.6) is 0 Å². The molecule has 1 aromatic carbocycles. The van der Waals surface area contributed by atoms with Crippen LogP contribution in [0, 0.1) is 5.92 Å². The summed E-state index contributed by atoms with van der Waals surface area (Å²) < 4.78 is 0. The second kappa shape index (κ2) is 7.38. The van der Waals surface area contributed by atoms with Gasteiger partial charge in [0.1, 0.15) is 0 Å². The van der Waals surface area contributed by atoms with Crippen LogP contribution < -0.4 is 11.1 Å². The Bertz CT molecular complexity index is 456. The number of nitrogens with one attached hydrogen (secondary N) is 1. The zero-order valence-corrected chi connectivity index (χ0v) is 12.1. The quantitative estimate of drug-likeness (QED) is 0.764. The number of hydrogen-bond donors (Lipinski definition) is 2. The Morgan fingerprint density at radius 1 is 1.32 bits per heavy atom. The third-order valence-electron chi connectivity index (χ3n) is 3.26. The number of thiazole rings is 1. The Balaban J connectivity index is 1.70. The molecular formula is C15H21N3S. The van der Waals surface area contributed by atoms with Crippen LogP contribution in [0.2, 0.25) is 0 Å². The lowest BCUT2D eigenvalue weighted by atomic mass is 9.95. The van der Waals surface area contributed by atoms with E-state index in [0.717, 1.165) is 19.5 Å². The molecule has 0 fully saturated rings. The molecule has 2 rings (SSSR count). The summed E-state index contributed by atoms with van der Waals surface area (Å²) in [5, 5.41) is 6.67. The van der Waals surface area contributed by atoms with Gasteiger partial charge in [-0.1, -0.05) is 37.3 Å². The molecule has 2 aromatic rings. The minimum atomic E-state index is 0.0913. The fourth-order valence-electron chi connectivity index (χ4n) is 2.03. The van der Waals surface area contributed by atoms with Crippen molar-refractivity contribution in [3.8, 4) is 0 Å². The van der Waals surface area contributed by atoms with Crippen LogP contribution in [-0.2, 0) is 6.42 Å². The van der Waals surface area contributed by atoms with Crippen molar-refractivity contribution in [3.63, 3.8) is 0 Å². The lowest BCUT2D eigenvalue weighted by Gasteiger charge is -2.20. The molecule has 0 saturated heterocycles. The van der Waals surface area contributed by atoms with Crippen LogP contribution in [0.3, 0.4) is 0 Å². The summed E-state index contributed by atoms with van der Waals surface area (Å²) in [7, 11) is 0. The highest BCUT2D eigenvalue weighted by atomic mass is 32.1. The molecule has 0 spiro atoms. The second-order valence-electron chi connectivity index (χ2n) is 4.79. The number of hydrogen-bond acceptors (Lipinski definition) is 4. The zero-order valence-electron chi connectivity index (χ0n) is 11.3. The largest absolute Gasteiger partial charge is 0.324 e. The van der Waals surface area contributed by atoms with Crippen molar-refractivity contribution in [1.82, 2.24) is 10.3 Å². The fraction of sp³-hybridized carbons (Fsp3) is 0.400. The van der Waals surface area contributed by atoms with E-state index < -0.39 is 0 Å². The summed E-state index contributed by atoms with van der Waals surface area (Å²) in [5.74, 6) is 0.415. The van der Waals surface area contributed by atoms with Gasteiger partial charge in [-0.3, -0.25) is 0 Å². The van der Waals surface area contributed by atoms with Gasteiger partial charge < -0.3 is 11.1 Å². The van der Waals surface area contributed by atoms with E-state index >= 15 is 0 Å². The molecule has 102 valence electrons. The monoisotopic (exact) mass is 275 g/mol. The van der Waals surface area contributed by atoms with E-state index in [1.807, 2.05) is 29.8 Å². The maximum Gasteiger partial charge on any atom is 0.0937 e. The Morgan fingerprint density at radius 2 is 2.11 bits per heavy atom. The molecule has 3 N–H and O–H groups in total. The van der Waals surface area contributed by atoms with Crippen molar-refractivity contribution >= 4 is 11.3 Å². The molecule has 0 aliphatic rings. The molecule has 19 heavy (non-hydrogen) atoms. The Morgan fingerprint density at radius 3 is 2.79 bits per heavy atom. The van der Waals surface area contributed by atoms with Gasteiger partial charge in [0.15, 0.2) is 0 Å². The van der Waals surface area contributed by atoms with Gasteiger partial charge in [0.2, 0.25) is 0 Å². The predicted octanol–water partition coefficient (Wildman–Crippen LogP) is 2.61. The lowest BCUT2D eigenvalue weighted by Crippen LogP contribution is -2.30. The minimum absolute atomic E-state index is 0.0913. The van der Waals surface area contributed by atoms with Gasteiger partial charge in [-0.05, 0) is 18.0 Å². The zero-order chi connectivity index (χ0) is 13.5. The average molecular weight is 275 g/mol. The van der Waals surface area contributed by atoms with E-state index in [0.29, 0.717) is 5.92 Å². The first-order valence-corrected chi connectivity index (χ1v) is 7.55. The van der Waals surface area contributed by atoms with Gasteiger partial charge >= 0.3 is 0 Å². The maximum absolute atomic E-state index is 6.27. The van der Waals surface area contributed by atoms with Crippen LogP contribution in [0.4, 0.5) is 0 Å². The van der Waals surface area contributed by atoms with Gasteiger partial charge in [-0.2, -0.15) is 0 Å². The van der Waals surface area contributed by atoms with Gasteiger partial charge in [-0.25, -0.2) is 4.98 Å². The summed E-state index contributed by atoms with van der Waals surface area (Å²) in [6.07, 6.45) is 2.85. The smallest absolute Gasteiger partial charge is 0.0937 e. The minimum Gasteiger partial charge on any atom is -0.324 e. The van der Waals surface area contributed by atoms with Crippen molar-refractivity contribution in [3.05, 3.63) is 52.5 Å². The summed E-state index contributed by atoms with van der Waals surface area (Å²) in [6, 6.07) is 10.4. The van der Waals surface area contributed by atoms with E-state index in [-0.39, 0.29) is 6.04 Å². The van der Waals surface area contributed by atoms with Crippen molar-refractivity contribution in [2.24, 2.45) is 11.7 Å². The van der Waals surface area contributed by atoms with Crippen molar-refractivity contribution < 1.29 is 0 Å². The van der Waals surface area contributed by atoms with E-state index in [9.17, 15) is 0 Å². The first-order chi connectivity index (χ1) is 9.27. The number of benzene rings is 1. The van der Waals surface area contributed by atoms with E-state index in [1.54, 1.807) is 11.3 Å². The topological polar surface area (TPSA) is 50.9 Å². The van der Waals surface area contributed by atoms with Gasteiger partial charge in [-0.15, -0.1) is 11.3 Å². The molecule has 0 amide bonds. The van der Waals surface area contributed by atoms with Crippen LogP contribution in [0.1, 0.15) is 23.5 Å². The first-order valence-electron chi connectivity index (χ1n) is 6.67. The third kappa shape index (κ3) is 4.42. The Kier molecular flexibility index (Phi) is 5.51. The number of nitrogens with two attached hydrogens (primary N) is 1. The van der Waals surface area contributed by atoms with Crippen molar-refractivity contribution in [2.75, 3.05) is 13.1 Å². The van der Waals surface area contributed by atoms with Crippen LogP contribution in [0.25, 0.3) is 0 Å². The molecule has 0 aliphatic heterocycles. The summed E-state index contributed by atoms with van der Waals surface area (Å²) >= 11 is 1.71. The van der Waals surface area contributed by atoms with Crippen LogP contribution >= 0.6 is 11.3 Å². The molecule has 0 aliphatic carbocycles. The Labute approximate surface area is 118 Å². The molecule has 2 unspecified atom stereocenters. The standard InChI is InChI=1S/C15H21N3S/c1-12(15(16)13-5-3-2-4-6-13)11-17-8-7-14-18-9-10-19-14/h2-6,9-10,12,15,17H,7-8,11,16H2,1H3. The van der Waals surface area contributed by atoms with Crippen LogP contribution in [-0.4, -0.2) is 18.1 Å². The van der Waals surface area contributed by atoms with Gasteiger partial charge in [0.05, 0.1) is 5.01 Å². The molecule has 0 saturated carbocycles. The molecule has 0 radical (unpaired) electrons. The van der Waals surface area contributed by atoms with Crippen LogP contribution in [0.15, 0.2) is 41.9 Å². The Hall–Kier alpha value is -1.23. The fourth-order valence-corrected chi connectivity index (χ4v) is 2.65. The van der Waals surface area contributed by atoms with Gasteiger partial charge in [0.25, 0.3) is 0 Å². The SMILES string of the molecule is CC(CNCCc1nccs1)C(N)c1ccccc1. The van der Waals surface area contributed by atoms with E-state index in [2.05, 4.69) is 29.4 Å². The van der Waals surface area contributed by atoms with Gasteiger partial charge in [0, 0.05) is 30.6 Å². The molecule has 1 aromatic heterocycles. The average Bonchev–Trinajstić information content (AvgIpc) is 2.96. The highest BCUT2D eigenvalue weighted by molar-refractivity contribution is 7.09. The lowest BCUT2D eigenvalue weighted by molar-refractivity contribution is 0.436. The molecule has 0 bridgehead atoms. The summed E-state index contributed by atoms with van der Waals surface area (Å²) in [4.78, 5) is 4.27. The number of nitrogens with zero attached hydrogens (tertiary/aromatic N) is 1. The van der Waals surface area contributed by atoms with Crippen molar-refractivity contribution in [2.45, 2.75) is 19.4 Å².